The fourth-order valence-electron chi connectivity index (χ4n) is 1.41. The first-order chi connectivity index (χ1) is 6.52. The highest BCUT2D eigenvalue weighted by Crippen LogP contribution is 2.23. The summed E-state index contributed by atoms with van der Waals surface area (Å²) in [7, 11) is 4.13. The molecule has 0 saturated carbocycles. The average molecular weight is 193 g/mol. The van der Waals surface area contributed by atoms with Crippen LogP contribution < -0.4 is 11.5 Å². The first kappa shape index (κ1) is 10.9. The maximum absolute atomic E-state index is 5.85. The lowest BCUT2D eigenvalue weighted by Crippen LogP contribution is -2.16. The van der Waals surface area contributed by atoms with Crippen molar-refractivity contribution >= 4 is 11.4 Å². The van der Waals surface area contributed by atoms with Crippen molar-refractivity contribution in [3.8, 4) is 0 Å². The lowest BCUT2D eigenvalue weighted by molar-refractivity contribution is 0.413. The number of rotatable bonds is 3. The molecule has 0 bridgehead atoms. The number of hydrogen-bond acceptors (Lipinski definition) is 3. The van der Waals surface area contributed by atoms with Gasteiger partial charge in [-0.25, -0.2) is 0 Å². The number of hydrogen-bond donors (Lipinski definition) is 2. The monoisotopic (exact) mass is 193 g/mol. The number of benzene rings is 1. The summed E-state index contributed by atoms with van der Waals surface area (Å²) in [5.74, 6) is 0. The van der Waals surface area contributed by atoms with E-state index in [9.17, 15) is 0 Å². The molecule has 0 unspecified atom stereocenters. The van der Waals surface area contributed by atoms with Gasteiger partial charge < -0.3 is 16.4 Å². The van der Waals surface area contributed by atoms with Crippen LogP contribution in [0.4, 0.5) is 11.4 Å². The fraction of sp³-hybridized carbons (Fsp3) is 0.455. The van der Waals surface area contributed by atoms with Crippen LogP contribution in [0.5, 0.6) is 0 Å². The van der Waals surface area contributed by atoms with Gasteiger partial charge in [0.2, 0.25) is 0 Å². The van der Waals surface area contributed by atoms with E-state index < -0.39 is 0 Å². The lowest BCUT2D eigenvalue weighted by atomic mass is 10.0. The Morgan fingerprint density at radius 3 is 2.43 bits per heavy atom. The Morgan fingerprint density at radius 2 is 1.86 bits per heavy atom. The van der Waals surface area contributed by atoms with Crippen LogP contribution in [0.2, 0.25) is 0 Å². The van der Waals surface area contributed by atoms with Crippen LogP contribution in [0.15, 0.2) is 12.1 Å². The average Bonchev–Trinajstić information content (AvgIpc) is 2.13. The standard InChI is InChI=1S/C11H19N3/c1-8-9(6-7-14(2)3)4-5-10(12)11(8)13/h4-5H,6-7,12-13H2,1-3H3. The number of nitrogen functional groups attached to an aromatic ring is 2. The second-order valence-electron chi connectivity index (χ2n) is 3.91. The first-order valence-corrected chi connectivity index (χ1v) is 4.80. The van der Waals surface area contributed by atoms with Crippen molar-refractivity contribution in [3.05, 3.63) is 23.3 Å². The van der Waals surface area contributed by atoms with Gasteiger partial charge in [-0.1, -0.05) is 6.07 Å². The van der Waals surface area contributed by atoms with Gasteiger partial charge in [0.15, 0.2) is 0 Å². The van der Waals surface area contributed by atoms with Crippen molar-refractivity contribution in [2.24, 2.45) is 0 Å². The Kier molecular flexibility index (Phi) is 3.36. The highest BCUT2D eigenvalue weighted by Gasteiger charge is 2.04. The molecule has 3 nitrogen and oxygen atoms in total. The van der Waals surface area contributed by atoms with Gasteiger partial charge >= 0.3 is 0 Å². The van der Waals surface area contributed by atoms with E-state index in [1.807, 2.05) is 13.0 Å². The zero-order valence-corrected chi connectivity index (χ0v) is 9.17. The van der Waals surface area contributed by atoms with E-state index in [0.717, 1.165) is 24.2 Å². The number of anilines is 2. The van der Waals surface area contributed by atoms with Crippen molar-refractivity contribution in [1.29, 1.82) is 0 Å². The normalized spacial score (nSPS) is 10.9. The molecular weight excluding hydrogens is 174 g/mol. The van der Waals surface area contributed by atoms with Crippen LogP contribution in [0.25, 0.3) is 0 Å². The van der Waals surface area contributed by atoms with Crippen LogP contribution in [0.1, 0.15) is 11.1 Å². The number of likely N-dealkylation sites (N-methyl/N-ethyl adjacent to an activating group) is 1. The smallest absolute Gasteiger partial charge is 0.0580 e. The molecular formula is C11H19N3. The van der Waals surface area contributed by atoms with Crippen LogP contribution in [-0.4, -0.2) is 25.5 Å². The topological polar surface area (TPSA) is 55.3 Å². The molecule has 0 heterocycles. The molecule has 1 aromatic carbocycles. The number of nitrogens with two attached hydrogens (primary N) is 2. The molecule has 0 aromatic heterocycles. The maximum atomic E-state index is 5.85. The SMILES string of the molecule is Cc1c(CCN(C)C)ccc(N)c1N. The minimum absolute atomic E-state index is 0.677. The van der Waals surface area contributed by atoms with Crippen molar-refractivity contribution < 1.29 is 0 Å². The van der Waals surface area contributed by atoms with E-state index in [2.05, 4.69) is 25.1 Å². The summed E-state index contributed by atoms with van der Waals surface area (Å²) in [5.41, 5.74) is 15.4. The van der Waals surface area contributed by atoms with E-state index in [1.165, 1.54) is 5.56 Å². The molecule has 0 amide bonds. The molecule has 1 rings (SSSR count). The number of nitrogens with zero attached hydrogens (tertiary/aromatic N) is 1. The summed E-state index contributed by atoms with van der Waals surface area (Å²) in [6.07, 6.45) is 1.02. The maximum Gasteiger partial charge on any atom is 0.0580 e. The van der Waals surface area contributed by atoms with Gasteiger partial charge in [0.05, 0.1) is 11.4 Å². The van der Waals surface area contributed by atoms with Gasteiger partial charge in [0, 0.05) is 6.54 Å². The van der Waals surface area contributed by atoms with Crippen LogP contribution in [0, 0.1) is 6.92 Å². The van der Waals surface area contributed by atoms with Gasteiger partial charge in [-0.05, 0) is 44.6 Å². The third kappa shape index (κ3) is 2.39. The van der Waals surface area contributed by atoms with E-state index in [1.54, 1.807) is 0 Å². The zero-order chi connectivity index (χ0) is 10.7. The molecule has 1 aromatic rings. The Hall–Kier alpha value is -1.22. The molecule has 3 heteroatoms. The fourth-order valence-corrected chi connectivity index (χ4v) is 1.41. The molecule has 78 valence electrons. The quantitative estimate of drug-likeness (QED) is 0.711. The van der Waals surface area contributed by atoms with Crippen molar-refractivity contribution in [1.82, 2.24) is 4.90 Å². The summed E-state index contributed by atoms with van der Waals surface area (Å²) in [6.45, 7) is 3.06. The summed E-state index contributed by atoms with van der Waals surface area (Å²) in [6, 6.07) is 3.94. The second kappa shape index (κ2) is 4.33. The summed E-state index contributed by atoms with van der Waals surface area (Å²) < 4.78 is 0. The van der Waals surface area contributed by atoms with Gasteiger partial charge in [-0.2, -0.15) is 0 Å². The van der Waals surface area contributed by atoms with Crippen LogP contribution in [0.3, 0.4) is 0 Å². The summed E-state index contributed by atoms with van der Waals surface area (Å²) in [4.78, 5) is 2.16. The summed E-state index contributed by atoms with van der Waals surface area (Å²) >= 11 is 0. The van der Waals surface area contributed by atoms with Crippen molar-refractivity contribution in [2.75, 3.05) is 32.1 Å². The largest absolute Gasteiger partial charge is 0.397 e. The second-order valence-corrected chi connectivity index (χ2v) is 3.91. The first-order valence-electron chi connectivity index (χ1n) is 4.80. The summed E-state index contributed by atoms with van der Waals surface area (Å²) in [5, 5.41) is 0. The minimum atomic E-state index is 0.677. The minimum Gasteiger partial charge on any atom is -0.397 e. The third-order valence-electron chi connectivity index (χ3n) is 2.49. The molecule has 0 saturated heterocycles. The zero-order valence-electron chi connectivity index (χ0n) is 9.17. The molecule has 4 N–H and O–H groups in total. The van der Waals surface area contributed by atoms with E-state index in [0.29, 0.717) is 5.69 Å². The molecule has 0 fully saturated rings. The van der Waals surface area contributed by atoms with Crippen molar-refractivity contribution in [3.63, 3.8) is 0 Å². The Bertz CT molecular complexity index is 319. The molecule has 0 radical (unpaired) electrons. The molecule has 0 atom stereocenters. The molecule has 0 spiro atoms. The van der Waals surface area contributed by atoms with Gasteiger partial charge in [-0.3, -0.25) is 0 Å². The van der Waals surface area contributed by atoms with Gasteiger partial charge in [0.25, 0.3) is 0 Å². The Labute approximate surface area is 85.7 Å². The van der Waals surface area contributed by atoms with E-state index >= 15 is 0 Å². The van der Waals surface area contributed by atoms with Gasteiger partial charge in [-0.15, -0.1) is 0 Å². The highest BCUT2D eigenvalue weighted by atomic mass is 15.0. The predicted octanol–water partition coefficient (Wildman–Crippen LogP) is 1.26. The third-order valence-corrected chi connectivity index (χ3v) is 2.49. The molecule has 0 aliphatic carbocycles. The Balaban J connectivity index is 2.83. The lowest BCUT2D eigenvalue weighted by Gasteiger charge is -2.13. The molecule has 0 aliphatic heterocycles. The van der Waals surface area contributed by atoms with E-state index in [-0.39, 0.29) is 0 Å². The predicted molar refractivity (Wildman–Crippen MR) is 62.3 cm³/mol. The highest BCUT2D eigenvalue weighted by molar-refractivity contribution is 5.68. The Morgan fingerprint density at radius 1 is 1.21 bits per heavy atom. The van der Waals surface area contributed by atoms with Crippen LogP contribution >= 0.6 is 0 Å². The molecule has 14 heavy (non-hydrogen) atoms. The van der Waals surface area contributed by atoms with E-state index in [4.69, 9.17) is 11.5 Å². The van der Waals surface area contributed by atoms with Crippen LogP contribution in [-0.2, 0) is 6.42 Å². The molecule has 0 aliphatic rings. The van der Waals surface area contributed by atoms with Gasteiger partial charge in [0.1, 0.15) is 0 Å². The van der Waals surface area contributed by atoms with Crippen molar-refractivity contribution in [2.45, 2.75) is 13.3 Å².